The third-order valence-corrected chi connectivity index (χ3v) is 4.93. The van der Waals surface area contributed by atoms with E-state index in [2.05, 4.69) is 26.1 Å². The van der Waals surface area contributed by atoms with Gasteiger partial charge in [-0.25, -0.2) is 0 Å². The van der Waals surface area contributed by atoms with Crippen LogP contribution in [0.3, 0.4) is 0 Å². The van der Waals surface area contributed by atoms with Gasteiger partial charge in [-0.2, -0.15) is 0 Å². The molecule has 1 heterocycles. The lowest BCUT2D eigenvalue weighted by molar-refractivity contribution is -0.131. The molecule has 2 aliphatic rings. The molecule has 1 aromatic rings. The molecule has 1 saturated carbocycles. The minimum Gasteiger partial charge on any atom is -0.341 e. The molecule has 2 fully saturated rings. The van der Waals surface area contributed by atoms with E-state index < -0.39 is 0 Å². The van der Waals surface area contributed by atoms with Crippen molar-refractivity contribution < 1.29 is 4.79 Å². The molecule has 1 saturated heterocycles. The van der Waals surface area contributed by atoms with Crippen LogP contribution >= 0.6 is 15.9 Å². The van der Waals surface area contributed by atoms with Crippen LogP contribution in [-0.4, -0.2) is 36.5 Å². The Labute approximate surface area is 135 Å². The normalized spacial score (nSPS) is 21.5. The van der Waals surface area contributed by atoms with Crippen LogP contribution in [0.15, 0.2) is 28.7 Å². The molecule has 1 amide bonds. The van der Waals surface area contributed by atoms with Gasteiger partial charge in [-0.1, -0.05) is 28.1 Å². The second-order valence-corrected chi connectivity index (χ2v) is 7.25. The molecule has 1 unspecified atom stereocenters. The number of rotatable bonds is 6. The van der Waals surface area contributed by atoms with Crippen LogP contribution in [0.4, 0.5) is 0 Å². The van der Waals surface area contributed by atoms with Crippen molar-refractivity contribution in [1.82, 2.24) is 10.2 Å². The van der Waals surface area contributed by atoms with Crippen LogP contribution in [0.2, 0.25) is 0 Å². The van der Waals surface area contributed by atoms with Crippen LogP contribution in [0.25, 0.3) is 0 Å². The first kappa shape index (κ1) is 15.0. The average Bonchev–Trinajstić information content (AvgIpc) is 3.14. The van der Waals surface area contributed by atoms with Crippen LogP contribution in [0, 0.1) is 5.92 Å². The molecule has 0 bridgehead atoms. The highest BCUT2D eigenvalue weighted by Gasteiger charge is 2.28. The highest BCUT2D eigenvalue weighted by molar-refractivity contribution is 9.10. The van der Waals surface area contributed by atoms with E-state index in [1.54, 1.807) is 0 Å². The molecule has 0 aromatic heterocycles. The maximum absolute atomic E-state index is 12.6. The molecule has 114 valence electrons. The van der Waals surface area contributed by atoms with Crippen LogP contribution < -0.4 is 5.32 Å². The number of benzene rings is 1. The van der Waals surface area contributed by atoms with Gasteiger partial charge in [0.25, 0.3) is 0 Å². The minimum atomic E-state index is 0.276. The van der Waals surface area contributed by atoms with Gasteiger partial charge in [-0.05, 0) is 55.8 Å². The third kappa shape index (κ3) is 4.55. The highest BCUT2D eigenvalue weighted by Crippen LogP contribution is 2.30. The smallest absolute Gasteiger partial charge is 0.227 e. The molecule has 1 N–H and O–H groups in total. The van der Waals surface area contributed by atoms with E-state index in [-0.39, 0.29) is 5.91 Å². The largest absolute Gasteiger partial charge is 0.341 e. The average molecular weight is 351 g/mol. The summed E-state index contributed by atoms with van der Waals surface area (Å²) < 4.78 is 1.06. The summed E-state index contributed by atoms with van der Waals surface area (Å²) in [7, 11) is 0. The number of nitrogens with one attached hydrogen (secondary N) is 1. The molecule has 1 aromatic carbocycles. The van der Waals surface area contributed by atoms with Crippen molar-refractivity contribution in [3.05, 3.63) is 34.3 Å². The summed E-state index contributed by atoms with van der Waals surface area (Å²) in [5.41, 5.74) is 1.10. The van der Waals surface area contributed by atoms with Crippen molar-refractivity contribution in [1.29, 1.82) is 0 Å². The van der Waals surface area contributed by atoms with E-state index >= 15 is 0 Å². The van der Waals surface area contributed by atoms with Gasteiger partial charge < -0.3 is 10.2 Å². The van der Waals surface area contributed by atoms with Gasteiger partial charge in [0.15, 0.2) is 0 Å². The van der Waals surface area contributed by atoms with Crippen molar-refractivity contribution in [3.63, 3.8) is 0 Å². The van der Waals surface area contributed by atoms with Gasteiger partial charge in [0.2, 0.25) is 5.91 Å². The van der Waals surface area contributed by atoms with E-state index in [9.17, 15) is 4.79 Å². The van der Waals surface area contributed by atoms with E-state index in [1.807, 2.05) is 24.3 Å². The fraction of sp³-hybridized carbons (Fsp3) is 0.588. The molecule has 3 rings (SSSR count). The van der Waals surface area contributed by atoms with Crippen molar-refractivity contribution >= 4 is 21.8 Å². The number of amides is 1. The third-order valence-electron chi connectivity index (χ3n) is 4.40. The molecule has 3 nitrogen and oxygen atoms in total. The topological polar surface area (TPSA) is 32.3 Å². The summed E-state index contributed by atoms with van der Waals surface area (Å²) in [4.78, 5) is 14.7. The first-order chi connectivity index (χ1) is 10.2. The van der Waals surface area contributed by atoms with Crippen molar-refractivity contribution in [2.75, 3.05) is 19.6 Å². The SMILES string of the molecule is O=C(Cc1ccc(Br)cc1)N(CC1CC1)CC1CCCN1. The summed E-state index contributed by atoms with van der Waals surface area (Å²) in [5, 5.41) is 3.51. The monoisotopic (exact) mass is 350 g/mol. The molecule has 0 spiro atoms. The Balaban J connectivity index is 1.60. The zero-order valence-corrected chi connectivity index (χ0v) is 13.9. The van der Waals surface area contributed by atoms with Crippen LogP contribution in [0.5, 0.6) is 0 Å². The molecule has 4 heteroatoms. The lowest BCUT2D eigenvalue weighted by Gasteiger charge is -2.26. The fourth-order valence-corrected chi connectivity index (χ4v) is 3.22. The summed E-state index contributed by atoms with van der Waals surface area (Å²) in [6.07, 6.45) is 5.54. The highest BCUT2D eigenvalue weighted by atomic mass is 79.9. The maximum Gasteiger partial charge on any atom is 0.227 e. The Hall–Kier alpha value is -0.870. The molecule has 21 heavy (non-hydrogen) atoms. The summed E-state index contributed by atoms with van der Waals surface area (Å²) in [5.74, 6) is 1.03. The van der Waals surface area contributed by atoms with Crippen LogP contribution in [-0.2, 0) is 11.2 Å². The van der Waals surface area contributed by atoms with Gasteiger partial charge in [-0.15, -0.1) is 0 Å². The van der Waals surface area contributed by atoms with E-state index in [0.29, 0.717) is 12.5 Å². The van der Waals surface area contributed by atoms with Crippen molar-refractivity contribution in [2.45, 2.75) is 38.1 Å². The van der Waals surface area contributed by atoms with Crippen LogP contribution in [0.1, 0.15) is 31.2 Å². The molecule has 1 atom stereocenters. The van der Waals surface area contributed by atoms with E-state index in [4.69, 9.17) is 0 Å². The molecule has 1 aliphatic carbocycles. The number of hydrogen-bond acceptors (Lipinski definition) is 2. The number of nitrogens with zero attached hydrogens (tertiary/aromatic N) is 1. The summed E-state index contributed by atoms with van der Waals surface area (Å²) in [6.45, 7) is 2.93. The second kappa shape index (κ2) is 6.93. The predicted molar refractivity (Wildman–Crippen MR) is 88.2 cm³/mol. The first-order valence-corrected chi connectivity index (χ1v) is 8.75. The Morgan fingerprint density at radius 3 is 2.57 bits per heavy atom. The zero-order chi connectivity index (χ0) is 14.7. The fourth-order valence-electron chi connectivity index (χ4n) is 2.96. The Morgan fingerprint density at radius 2 is 1.95 bits per heavy atom. The van der Waals surface area contributed by atoms with Gasteiger partial charge in [0.1, 0.15) is 0 Å². The Bertz CT molecular complexity index is 478. The quantitative estimate of drug-likeness (QED) is 0.855. The first-order valence-electron chi connectivity index (χ1n) is 7.96. The summed E-state index contributed by atoms with van der Waals surface area (Å²) >= 11 is 3.44. The molecular formula is C17H23BrN2O. The lowest BCUT2D eigenvalue weighted by atomic mass is 10.1. The number of halogens is 1. The van der Waals surface area contributed by atoms with Crippen molar-refractivity contribution in [2.24, 2.45) is 5.92 Å². The number of carbonyl (C=O) groups excluding carboxylic acids is 1. The number of hydrogen-bond donors (Lipinski definition) is 1. The predicted octanol–water partition coefficient (Wildman–Crippen LogP) is 2.98. The Kier molecular flexibility index (Phi) is 4.96. The van der Waals surface area contributed by atoms with Gasteiger partial charge in [0.05, 0.1) is 6.42 Å². The Morgan fingerprint density at radius 1 is 1.19 bits per heavy atom. The van der Waals surface area contributed by atoms with Gasteiger partial charge in [0, 0.05) is 23.6 Å². The van der Waals surface area contributed by atoms with Gasteiger partial charge >= 0.3 is 0 Å². The second-order valence-electron chi connectivity index (χ2n) is 6.34. The lowest BCUT2D eigenvalue weighted by Crippen LogP contribution is -2.42. The van der Waals surface area contributed by atoms with E-state index in [0.717, 1.165) is 35.6 Å². The maximum atomic E-state index is 12.6. The standard InChI is InChI=1S/C17H23BrN2O/c18-15-7-5-13(6-8-15)10-17(21)20(11-14-3-4-14)12-16-2-1-9-19-16/h5-8,14,16,19H,1-4,9-12H2. The molecular weight excluding hydrogens is 328 g/mol. The molecule has 1 aliphatic heterocycles. The van der Waals surface area contributed by atoms with Crippen molar-refractivity contribution in [3.8, 4) is 0 Å². The van der Waals surface area contributed by atoms with Gasteiger partial charge in [-0.3, -0.25) is 4.79 Å². The van der Waals surface area contributed by atoms with E-state index in [1.165, 1.54) is 25.7 Å². The number of carbonyl (C=O) groups is 1. The summed E-state index contributed by atoms with van der Waals surface area (Å²) in [6, 6.07) is 8.58. The zero-order valence-electron chi connectivity index (χ0n) is 12.4. The molecule has 0 radical (unpaired) electrons. The minimum absolute atomic E-state index is 0.276.